The van der Waals surface area contributed by atoms with Gasteiger partial charge < -0.3 is 5.32 Å². The van der Waals surface area contributed by atoms with Crippen LogP contribution >= 0.6 is 0 Å². The molecule has 0 saturated carbocycles. The third-order valence-electron chi connectivity index (χ3n) is 2.60. The minimum Gasteiger partial charge on any atom is -0.369 e. The van der Waals surface area contributed by atoms with Gasteiger partial charge in [-0.25, -0.2) is 0 Å². The molecule has 1 heterocycles. The highest BCUT2D eigenvalue weighted by atomic mass is 16.6. The SMILES string of the molecule is CCCNc1ccc(-c2ccccc2[N+](=O)[O-])nn1. The van der Waals surface area contributed by atoms with Crippen LogP contribution in [0.5, 0.6) is 0 Å². The lowest BCUT2D eigenvalue weighted by molar-refractivity contribution is -0.384. The summed E-state index contributed by atoms with van der Waals surface area (Å²) in [6, 6.07) is 10.0. The van der Waals surface area contributed by atoms with E-state index in [1.165, 1.54) is 6.07 Å². The third kappa shape index (κ3) is 3.04. The molecule has 0 saturated heterocycles. The second kappa shape index (κ2) is 5.90. The first-order valence-electron chi connectivity index (χ1n) is 6.03. The molecular formula is C13H14N4O2. The Balaban J connectivity index is 2.30. The first-order chi connectivity index (χ1) is 9.22. The largest absolute Gasteiger partial charge is 0.369 e. The van der Waals surface area contributed by atoms with Crippen molar-refractivity contribution in [2.45, 2.75) is 13.3 Å². The predicted octanol–water partition coefficient (Wildman–Crippen LogP) is 2.87. The van der Waals surface area contributed by atoms with Crippen LogP contribution in [-0.4, -0.2) is 21.7 Å². The fourth-order valence-corrected chi connectivity index (χ4v) is 1.67. The van der Waals surface area contributed by atoms with Crippen LogP contribution in [0.4, 0.5) is 11.5 Å². The molecule has 0 aliphatic heterocycles. The Bertz CT molecular complexity index is 569. The average Bonchev–Trinajstić information content (AvgIpc) is 2.45. The van der Waals surface area contributed by atoms with Crippen LogP contribution in [0, 0.1) is 10.1 Å². The summed E-state index contributed by atoms with van der Waals surface area (Å²) in [7, 11) is 0. The van der Waals surface area contributed by atoms with Crippen molar-refractivity contribution in [1.82, 2.24) is 10.2 Å². The summed E-state index contributed by atoms with van der Waals surface area (Å²) < 4.78 is 0. The average molecular weight is 258 g/mol. The zero-order chi connectivity index (χ0) is 13.7. The van der Waals surface area contributed by atoms with Crippen molar-refractivity contribution in [3.05, 3.63) is 46.5 Å². The van der Waals surface area contributed by atoms with Gasteiger partial charge in [-0.1, -0.05) is 19.1 Å². The van der Waals surface area contributed by atoms with Crippen LogP contribution in [0.25, 0.3) is 11.3 Å². The van der Waals surface area contributed by atoms with E-state index < -0.39 is 4.92 Å². The van der Waals surface area contributed by atoms with Gasteiger partial charge >= 0.3 is 0 Å². The molecule has 2 aromatic rings. The maximum absolute atomic E-state index is 10.9. The van der Waals surface area contributed by atoms with Crippen LogP contribution in [0.1, 0.15) is 13.3 Å². The highest BCUT2D eigenvalue weighted by Gasteiger charge is 2.15. The van der Waals surface area contributed by atoms with E-state index in [9.17, 15) is 10.1 Å². The quantitative estimate of drug-likeness (QED) is 0.658. The Morgan fingerprint density at radius 2 is 2.00 bits per heavy atom. The van der Waals surface area contributed by atoms with Crippen LogP contribution in [0.15, 0.2) is 36.4 Å². The molecule has 0 aliphatic carbocycles. The standard InChI is InChI=1S/C13H14N4O2/c1-2-9-14-13-8-7-11(15-16-13)10-5-3-4-6-12(10)17(18)19/h3-8H,2,9H2,1H3,(H,14,16). The molecule has 98 valence electrons. The lowest BCUT2D eigenvalue weighted by Crippen LogP contribution is -2.03. The summed E-state index contributed by atoms with van der Waals surface area (Å²) in [5.41, 5.74) is 1.00. The highest BCUT2D eigenvalue weighted by molar-refractivity contribution is 5.70. The monoisotopic (exact) mass is 258 g/mol. The molecule has 0 aliphatic rings. The molecule has 1 N–H and O–H groups in total. The van der Waals surface area contributed by atoms with E-state index >= 15 is 0 Å². The number of nitro groups is 1. The van der Waals surface area contributed by atoms with E-state index in [2.05, 4.69) is 22.4 Å². The first kappa shape index (κ1) is 12.9. The second-order valence-corrected chi connectivity index (χ2v) is 4.00. The van der Waals surface area contributed by atoms with E-state index in [4.69, 9.17) is 0 Å². The van der Waals surface area contributed by atoms with E-state index in [1.807, 2.05) is 0 Å². The summed E-state index contributed by atoms with van der Waals surface area (Å²) in [6.45, 7) is 2.88. The Labute approximate surface area is 110 Å². The Hall–Kier alpha value is -2.50. The van der Waals surface area contributed by atoms with Crippen molar-refractivity contribution in [1.29, 1.82) is 0 Å². The predicted molar refractivity (Wildman–Crippen MR) is 72.9 cm³/mol. The normalized spacial score (nSPS) is 10.2. The third-order valence-corrected chi connectivity index (χ3v) is 2.60. The van der Waals surface area contributed by atoms with Gasteiger partial charge in [-0.3, -0.25) is 10.1 Å². The molecule has 0 unspecified atom stereocenters. The van der Waals surface area contributed by atoms with Crippen molar-refractivity contribution >= 4 is 11.5 Å². The maximum Gasteiger partial charge on any atom is 0.278 e. The molecule has 0 amide bonds. The minimum atomic E-state index is -0.416. The molecule has 1 aromatic heterocycles. The van der Waals surface area contributed by atoms with Gasteiger partial charge in [0.2, 0.25) is 0 Å². The van der Waals surface area contributed by atoms with Gasteiger partial charge in [0.15, 0.2) is 0 Å². The van der Waals surface area contributed by atoms with Crippen LogP contribution in [0.2, 0.25) is 0 Å². The van der Waals surface area contributed by atoms with Crippen LogP contribution in [0.3, 0.4) is 0 Å². The Morgan fingerprint density at radius 1 is 1.21 bits per heavy atom. The zero-order valence-corrected chi connectivity index (χ0v) is 10.5. The summed E-state index contributed by atoms with van der Waals surface area (Å²) in [5, 5.41) is 22.1. The smallest absolute Gasteiger partial charge is 0.278 e. The molecule has 2 rings (SSSR count). The minimum absolute atomic E-state index is 0.0334. The van der Waals surface area contributed by atoms with Crippen molar-refractivity contribution in [3.8, 4) is 11.3 Å². The second-order valence-electron chi connectivity index (χ2n) is 4.00. The molecule has 6 nitrogen and oxygen atoms in total. The zero-order valence-electron chi connectivity index (χ0n) is 10.5. The number of para-hydroxylation sites is 1. The lowest BCUT2D eigenvalue weighted by Gasteiger charge is -2.04. The van der Waals surface area contributed by atoms with Gasteiger partial charge in [-0.15, -0.1) is 10.2 Å². The number of hydrogen-bond donors (Lipinski definition) is 1. The molecule has 6 heteroatoms. The van der Waals surface area contributed by atoms with Crippen LogP contribution in [-0.2, 0) is 0 Å². The topological polar surface area (TPSA) is 81.0 Å². The Kier molecular flexibility index (Phi) is 4.02. The number of nitrogens with zero attached hydrogens (tertiary/aromatic N) is 3. The number of aromatic nitrogens is 2. The van der Waals surface area contributed by atoms with Crippen molar-refractivity contribution < 1.29 is 4.92 Å². The van der Waals surface area contributed by atoms with Gasteiger partial charge in [0.25, 0.3) is 5.69 Å². The number of anilines is 1. The first-order valence-corrected chi connectivity index (χ1v) is 6.03. The van der Waals surface area contributed by atoms with E-state index in [0.717, 1.165) is 13.0 Å². The molecule has 0 spiro atoms. The van der Waals surface area contributed by atoms with E-state index in [1.54, 1.807) is 30.3 Å². The van der Waals surface area contributed by atoms with Gasteiger partial charge in [0.05, 0.1) is 16.2 Å². The summed E-state index contributed by atoms with van der Waals surface area (Å²) in [4.78, 5) is 10.5. The number of benzene rings is 1. The maximum atomic E-state index is 10.9. The summed E-state index contributed by atoms with van der Waals surface area (Å²) >= 11 is 0. The number of nitrogens with one attached hydrogen (secondary N) is 1. The molecule has 0 radical (unpaired) electrons. The molecule has 1 aromatic carbocycles. The number of nitro benzene ring substituents is 1. The van der Waals surface area contributed by atoms with Crippen molar-refractivity contribution in [2.75, 3.05) is 11.9 Å². The van der Waals surface area contributed by atoms with E-state index in [0.29, 0.717) is 17.1 Å². The van der Waals surface area contributed by atoms with Crippen molar-refractivity contribution in [3.63, 3.8) is 0 Å². The molecule has 19 heavy (non-hydrogen) atoms. The lowest BCUT2D eigenvalue weighted by atomic mass is 10.1. The number of hydrogen-bond acceptors (Lipinski definition) is 5. The molecule has 0 bridgehead atoms. The fraction of sp³-hybridized carbons (Fsp3) is 0.231. The van der Waals surface area contributed by atoms with Gasteiger partial charge in [0.1, 0.15) is 5.82 Å². The van der Waals surface area contributed by atoms with Crippen molar-refractivity contribution in [2.24, 2.45) is 0 Å². The highest BCUT2D eigenvalue weighted by Crippen LogP contribution is 2.27. The fourth-order valence-electron chi connectivity index (χ4n) is 1.67. The molecule has 0 fully saturated rings. The molecule has 0 atom stereocenters. The van der Waals surface area contributed by atoms with Gasteiger partial charge in [-0.05, 0) is 24.6 Å². The Morgan fingerprint density at radius 3 is 2.63 bits per heavy atom. The summed E-state index contributed by atoms with van der Waals surface area (Å²) in [5.74, 6) is 0.671. The van der Waals surface area contributed by atoms with E-state index in [-0.39, 0.29) is 5.69 Å². The molecular weight excluding hydrogens is 244 g/mol. The van der Waals surface area contributed by atoms with Gasteiger partial charge in [0, 0.05) is 12.6 Å². The summed E-state index contributed by atoms with van der Waals surface area (Å²) in [6.07, 6.45) is 0.994. The van der Waals surface area contributed by atoms with Gasteiger partial charge in [-0.2, -0.15) is 0 Å². The number of rotatable bonds is 5. The van der Waals surface area contributed by atoms with Crippen LogP contribution < -0.4 is 5.32 Å².